The number of benzene rings is 1. The van der Waals surface area contributed by atoms with Gasteiger partial charge in [-0.1, -0.05) is 30.3 Å². The lowest BCUT2D eigenvalue weighted by atomic mass is 10.1. The molecule has 0 saturated carbocycles. The van der Waals surface area contributed by atoms with Crippen molar-refractivity contribution >= 4 is 15.9 Å². The van der Waals surface area contributed by atoms with Gasteiger partial charge >= 0.3 is 0 Å². The SMILES string of the molecule is CS(=O)(=O)NCCNC(=O)Cc1ccccc1. The summed E-state index contributed by atoms with van der Waals surface area (Å²) in [5.41, 5.74) is 0.932. The largest absolute Gasteiger partial charge is 0.355 e. The Kier molecular flexibility index (Phi) is 5.11. The zero-order chi connectivity index (χ0) is 12.7. The van der Waals surface area contributed by atoms with E-state index in [9.17, 15) is 13.2 Å². The Hall–Kier alpha value is -1.40. The van der Waals surface area contributed by atoms with E-state index in [-0.39, 0.29) is 12.5 Å². The lowest BCUT2D eigenvalue weighted by molar-refractivity contribution is -0.120. The van der Waals surface area contributed by atoms with Crippen LogP contribution < -0.4 is 10.0 Å². The Labute approximate surface area is 101 Å². The maximum absolute atomic E-state index is 11.4. The van der Waals surface area contributed by atoms with Crippen molar-refractivity contribution in [3.05, 3.63) is 35.9 Å². The minimum absolute atomic E-state index is 0.119. The molecule has 0 aliphatic heterocycles. The predicted molar refractivity (Wildman–Crippen MR) is 66.0 cm³/mol. The van der Waals surface area contributed by atoms with Gasteiger partial charge in [0.05, 0.1) is 12.7 Å². The van der Waals surface area contributed by atoms with Crippen LogP contribution in [0.2, 0.25) is 0 Å². The minimum Gasteiger partial charge on any atom is -0.355 e. The van der Waals surface area contributed by atoms with Crippen LogP contribution in [0, 0.1) is 0 Å². The summed E-state index contributed by atoms with van der Waals surface area (Å²) in [5, 5.41) is 2.64. The topological polar surface area (TPSA) is 75.3 Å². The van der Waals surface area contributed by atoms with E-state index >= 15 is 0 Å². The quantitative estimate of drug-likeness (QED) is 0.698. The maximum atomic E-state index is 11.4. The fourth-order valence-corrected chi connectivity index (χ4v) is 1.75. The molecular formula is C11H16N2O3S. The summed E-state index contributed by atoms with van der Waals surface area (Å²) in [6, 6.07) is 9.36. The Morgan fingerprint density at radius 3 is 2.41 bits per heavy atom. The number of hydrogen-bond donors (Lipinski definition) is 2. The molecule has 6 heteroatoms. The molecule has 0 saturated heterocycles. The second-order valence-corrected chi connectivity index (χ2v) is 5.51. The van der Waals surface area contributed by atoms with Crippen molar-refractivity contribution in [2.24, 2.45) is 0 Å². The molecule has 0 aliphatic rings. The number of rotatable bonds is 6. The molecule has 0 unspecified atom stereocenters. The summed E-state index contributed by atoms with van der Waals surface area (Å²) < 4.78 is 23.8. The summed E-state index contributed by atoms with van der Waals surface area (Å²) in [5.74, 6) is -0.119. The highest BCUT2D eigenvalue weighted by molar-refractivity contribution is 7.88. The van der Waals surface area contributed by atoms with Crippen molar-refractivity contribution in [1.82, 2.24) is 10.0 Å². The van der Waals surface area contributed by atoms with Crippen LogP contribution in [-0.2, 0) is 21.2 Å². The molecule has 0 aliphatic carbocycles. The van der Waals surface area contributed by atoms with Gasteiger partial charge in [-0.05, 0) is 5.56 Å². The summed E-state index contributed by atoms with van der Waals surface area (Å²) in [7, 11) is -3.18. The van der Waals surface area contributed by atoms with Crippen LogP contribution in [0.3, 0.4) is 0 Å². The molecule has 0 atom stereocenters. The van der Waals surface area contributed by atoms with E-state index < -0.39 is 10.0 Å². The average molecular weight is 256 g/mol. The van der Waals surface area contributed by atoms with Crippen LogP contribution in [-0.4, -0.2) is 33.7 Å². The lowest BCUT2D eigenvalue weighted by Crippen LogP contribution is -2.34. The monoisotopic (exact) mass is 256 g/mol. The zero-order valence-corrected chi connectivity index (χ0v) is 10.5. The normalized spacial score (nSPS) is 11.1. The van der Waals surface area contributed by atoms with Gasteiger partial charge in [-0.3, -0.25) is 4.79 Å². The molecule has 1 aromatic carbocycles. The maximum Gasteiger partial charge on any atom is 0.224 e. The molecule has 0 radical (unpaired) electrons. The van der Waals surface area contributed by atoms with E-state index in [4.69, 9.17) is 0 Å². The van der Waals surface area contributed by atoms with Crippen LogP contribution in [0.25, 0.3) is 0 Å². The average Bonchev–Trinajstić information content (AvgIpc) is 2.25. The van der Waals surface area contributed by atoms with E-state index in [1.165, 1.54) is 0 Å². The summed E-state index contributed by atoms with van der Waals surface area (Å²) in [6.45, 7) is 0.498. The molecule has 0 bridgehead atoms. The van der Waals surface area contributed by atoms with E-state index in [0.29, 0.717) is 13.0 Å². The summed E-state index contributed by atoms with van der Waals surface area (Å²) in [6.07, 6.45) is 1.39. The molecule has 0 aromatic heterocycles. The van der Waals surface area contributed by atoms with Gasteiger partial charge in [0.15, 0.2) is 0 Å². The molecule has 1 aromatic rings. The Balaban J connectivity index is 2.23. The molecule has 1 amide bonds. The van der Waals surface area contributed by atoms with Crippen molar-refractivity contribution in [2.75, 3.05) is 19.3 Å². The van der Waals surface area contributed by atoms with Crippen molar-refractivity contribution < 1.29 is 13.2 Å². The second-order valence-electron chi connectivity index (χ2n) is 3.68. The number of sulfonamides is 1. The highest BCUT2D eigenvalue weighted by Crippen LogP contribution is 1.98. The van der Waals surface area contributed by atoms with Crippen molar-refractivity contribution in [1.29, 1.82) is 0 Å². The Bertz CT molecular complexity index is 457. The summed E-state index contributed by atoms with van der Waals surface area (Å²) in [4.78, 5) is 11.4. The van der Waals surface area contributed by atoms with Crippen LogP contribution in [0.15, 0.2) is 30.3 Å². The smallest absolute Gasteiger partial charge is 0.224 e. The van der Waals surface area contributed by atoms with E-state index in [1.54, 1.807) is 0 Å². The molecule has 0 spiro atoms. The predicted octanol–water partition coefficient (Wildman–Crippen LogP) is -0.105. The molecule has 0 fully saturated rings. The number of hydrogen-bond acceptors (Lipinski definition) is 3. The summed E-state index contributed by atoms with van der Waals surface area (Å²) >= 11 is 0. The third-order valence-corrected chi connectivity index (χ3v) is 2.75. The molecular weight excluding hydrogens is 240 g/mol. The van der Waals surface area contributed by atoms with Gasteiger partial charge in [0.1, 0.15) is 0 Å². The molecule has 5 nitrogen and oxygen atoms in total. The number of carbonyl (C=O) groups is 1. The molecule has 2 N–H and O–H groups in total. The first kappa shape index (κ1) is 13.7. The first-order valence-corrected chi connectivity index (χ1v) is 7.12. The fourth-order valence-electron chi connectivity index (χ4n) is 1.28. The van der Waals surface area contributed by atoms with Crippen LogP contribution in [0.1, 0.15) is 5.56 Å². The number of amides is 1. The van der Waals surface area contributed by atoms with Gasteiger partial charge in [-0.25, -0.2) is 13.1 Å². The molecule has 17 heavy (non-hydrogen) atoms. The van der Waals surface area contributed by atoms with Crippen LogP contribution in [0.5, 0.6) is 0 Å². The standard InChI is InChI=1S/C11H16N2O3S/c1-17(15,16)13-8-7-12-11(14)9-10-5-3-2-4-6-10/h2-6,13H,7-9H2,1H3,(H,12,14). The van der Waals surface area contributed by atoms with Crippen LogP contribution in [0.4, 0.5) is 0 Å². The van der Waals surface area contributed by atoms with Gasteiger partial charge in [0.2, 0.25) is 15.9 Å². The third-order valence-electron chi connectivity index (χ3n) is 2.02. The molecule has 94 valence electrons. The first-order valence-electron chi connectivity index (χ1n) is 5.22. The Morgan fingerprint density at radius 2 is 1.82 bits per heavy atom. The highest BCUT2D eigenvalue weighted by atomic mass is 32.2. The lowest BCUT2D eigenvalue weighted by Gasteiger charge is -2.05. The number of nitrogens with one attached hydrogen (secondary N) is 2. The van der Waals surface area contributed by atoms with Crippen LogP contribution >= 0.6 is 0 Å². The van der Waals surface area contributed by atoms with Gasteiger partial charge in [-0.15, -0.1) is 0 Å². The van der Waals surface area contributed by atoms with E-state index in [0.717, 1.165) is 11.8 Å². The van der Waals surface area contributed by atoms with Gasteiger partial charge in [-0.2, -0.15) is 0 Å². The van der Waals surface area contributed by atoms with E-state index in [2.05, 4.69) is 10.0 Å². The van der Waals surface area contributed by atoms with E-state index in [1.807, 2.05) is 30.3 Å². The molecule has 0 heterocycles. The Morgan fingerprint density at radius 1 is 1.18 bits per heavy atom. The van der Waals surface area contributed by atoms with Crippen molar-refractivity contribution in [3.63, 3.8) is 0 Å². The zero-order valence-electron chi connectivity index (χ0n) is 9.64. The highest BCUT2D eigenvalue weighted by Gasteiger charge is 2.03. The number of carbonyl (C=O) groups excluding carboxylic acids is 1. The van der Waals surface area contributed by atoms with Crippen molar-refractivity contribution in [2.45, 2.75) is 6.42 Å². The van der Waals surface area contributed by atoms with Gasteiger partial charge in [0, 0.05) is 13.1 Å². The fraction of sp³-hybridized carbons (Fsp3) is 0.364. The minimum atomic E-state index is -3.18. The van der Waals surface area contributed by atoms with Crippen molar-refractivity contribution in [3.8, 4) is 0 Å². The van der Waals surface area contributed by atoms with Gasteiger partial charge in [0.25, 0.3) is 0 Å². The van der Waals surface area contributed by atoms with Gasteiger partial charge < -0.3 is 5.32 Å². The first-order chi connectivity index (χ1) is 7.97. The second kappa shape index (κ2) is 6.36. The molecule has 1 rings (SSSR count). The third kappa shape index (κ3) is 6.70.